The molecule has 0 bridgehead atoms. The molecule has 0 radical (unpaired) electrons. The van der Waals surface area contributed by atoms with Crippen LogP contribution in [0.2, 0.25) is 0 Å². The molecule has 2 unspecified atom stereocenters. The first-order valence-electron chi connectivity index (χ1n) is 46.5. The second-order valence-corrected chi connectivity index (χ2v) is 29.5. The van der Waals surface area contributed by atoms with E-state index in [1.165, 1.54) is 38.6 Å². The Bertz CT molecular complexity index is 8140. The summed E-state index contributed by atoms with van der Waals surface area (Å²) in [7, 11) is 0. The summed E-state index contributed by atoms with van der Waals surface area (Å²) < 4.78 is 127. The highest BCUT2D eigenvalue weighted by Crippen LogP contribution is 2.53. The van der Waals surface area contributed by atoms with Crippen molar-refractivity contribution in [1.82, 2.24) is 0 Å². The van der Waals surface area contributed by atoms with Crippen LogP contribution in [-0.4, -0.2) is 0 Å². The third kappa shape index (κ3) is 12.1. The first kappa shape index (κ1) is 54.1. The standard InChI is InChI=1S/C43H30.2C36H24/c1-2-13-29(14-3-1)42-36-17-6-8-19-38(36)43(39-20-9-7-18-37(39)42)31-25-24-30-26-41-34(22-11-23-35(41)40(30)27-31)33-21-10-15-28-12-4-5-16-32(28)33;2*1-3-13-25(14-4-1)27-23-24-34(29-18-8-7-17-28(27)29)36-32-21-11-9-19-30(32)35(26-15-5-2-6-16-26)31-20-10-12-22-33(31)36/h1-25,27,35,41H,26H2;2*1-24H/i1D,2D,3D,13D,14D;2D,5D,6D,15D,16D;1D,3D,4D,13D,14D. The Kier molecular flexibility index (Phi) is 13.9. The quantitative estimate of drug-likeness (QED) is 0.126. The minimum Gasteiger partial charge on any atom is -0.0764 e. The Hall–Kier alpha value is -14.6. The Morgan fingerprint density at radius 2 is 0.539 bits per heavy atom. The molecule has 0 saturated carbocycles. The van der Waals surface area contributed by atoms with Gasteiger partial charge in [-0.3, -0.25) is 0 Å². The lowest BCUT2D eigenvalue weighted by atomic mass is 9.78. The second kappa shape index (κ2) is 29.6. The highest BCUT2D eigenvalue weighted by molar-refractivity contribution is 6.27. The van der Waals surface area contributed by atoms with Gasteiger partial charge in [-0.25, -0.2) is 0 Å². The second-order valence-electron chi connectivity index (χ2n) is 29.5. The molecule has 0 aromatic heterocycles. The van der Waals surface area contributed by atoms with Crippen LogP contribution < -0.4 is 0 Å². The highest BCUT2D eigenvalue weighted by atomic mass is 14.4. The molecule has 2 aliphatic carbocycles. The van der Waals surface area contributed by atoms with E-state index in [4.69, 9.17) is 20.6 Å². The van der Waals surface area contributed by atoms with E-state index in [2.05, 4.69) is 243 Å². The van der Waals surface area contributed by atoms with E-state index in [1.807, 2.05) is 115 Å². The van der Waals surface area contributed by atoms with Gasteiger partial charge in [-0.05, 0) is 221 Å². The molecule has 115 heavy (non-hydrogen) atoms. The van der Waals surface area contributed by atoms with E-state index in [1.54, 1.807) is 0 Å². The van der Waals surface area contributed by atoms with E-state index in [-0.39, 0.29) is 113 Å². The first-order valence-corrected chi connectivity index (χ1v) is 39.0. The Morgan fingerprint density at radius 3 is 0.974 bits per heavy atom. The molecule has 21 aromatic carbocycles. The molecule has 2 aliphatic rings. The molecule has 0 heterocycles. The summed E-state index contributed by atoms with van der Waals surface area (Å²) in [5.41, 5.74) is 19.2. The van der Waals surface area contributed by atoms with Gasteiger partial charge in [0.2, 0.25) is 0 Å². The van der Waals surface area contributed by atoms with Crippen LogP contribution in [0.5, 0.6) is 0 Å². The van der Waals surface area contributed by atoms with Gasteiger partial charge < -0.3 is 0 Å². The summed E-state index contributed by atoms with van der Waals surface area (Å²) in [5, 5.41) is 18.5. The minimum absolute atomic E-state index is 0.188. The zero-order valence-corrected chi connectivity index (χ0v) is 62.4. The Morgan fingerprint density at radius 1 is 0.217 bits per heavy atom. The van der Waals surface area contributed by atoms with Crippen LogP contribution in [0.25, 0.3) is 192 Å². The van der Waals surface area contributed by atoms with E-state index >= 15 is 0 Å². The number of fused-ring (bicyclic) bond motifs is 12. The average molecular weight is 1470 g/mol. The average Bonchev–Trinajstić information content (AvgIpc) is 1.29. The molecule has 0 saturated heterocycles. The molecular weight excluding hydrogens is 1380 g/mol. The van der Waals surface area contributed by atoms with Crippen molar-refractivity contribution in [2.75, 3.05) is 0 Å². The first-order chi connectivity index (χ1) is 63.4. The molecule has 0 aliphatic heterocycles. The SMILES string of the molecule is [2H]c1c([2H])c([2H])c(-c2c3ccccc3c(-c3ccc(-c4ccccc4)c4ccccc34)c3ccccc23)c([2H])c1[2H].[2H]c1c([2H])c([2H])c(-c2c3ccccc3c(-c3ccc4c(c3)C3C=CC=C(c5cccc6ccccc56)C3C4)c3ccccc23)c([2H])c1[2H].[2H]c1c([2H])c([2H])c(-c2ccc(-c3c4ccccc4c(-c4ccccc4)c4ccccc34)c3ccccc23)c([2H])c1[2H]. The summed E-state index contributed by atoms with van der Waals surface area (Å²) in [6.45, 7) is 0. The van der Waals surface area contributed by atoms with Crippen molar-refractivity contribution in [1.29, 1.82) is 0 Å². The van der Waals surface area contributed by atoms with Gasteiger partial charge in [0.15, 0.2) is 0 Å². The number of rotatable bonds is 9. The lowest BCUT2D eigenvalue weighted by Gasteiger charge is -2.25. The Labute approximate surface area is 691 Å². The third-order valence-corrected chi connectivity index (χ3v) is 23.4. The molecule has 0 amide bonds. The van der Waals surface area contributed by atoms with Crippen LogP contribution in [0, 0.1) is 5.92 Å². The maximum absolute atomic E-state index is 8.85. The highest BCUT2D eigenvalue weighted by Gasteiger charge is 2.36. The van der Waals surface area contributed by atoms with E-state index in [0.717, 1.165) is 143 Å². The van der Waals surface area contributed by atoms with Gasteiger partial charge in [-0.1, -0.05) is 449 Å². The molecule has 0 heteroatoms. The van der Waals surface area contributed by atoms with Gasteiger partial charge in [0.1, 0.15) is 0 Å². The number of allylic oxidation sites excluding steroid dienone is 4. The zero-order valence-electron chi connectivity index (χ0n) is 77.4. The lowest BCUT2D eigenvalue weighted by Crippen LogP contribution is -2.11. The van der Waals surface area contributed by atoms with Crippen molar-refractivity contribution in [3.63, 3.8) is 0 Å². The largest absolute Gasteiger partial charge is 0.0764 e. The molecule has 21 aromatic rings. The molecule has 0 N–H and O–H groups in total. The maximum atomic E-state index is 8.85. The summed E-state index contributed by atoms with van der Waals surface area (Å²) in [4.78, 5) is 0. The van der Waals surface area contributed by atoms with Crippen molar-refractivity contribution in [3.05, 3.63) is 465 Å². The van der Waals surface area contributed by atoms with Gasteiger partial charge >= 0.3 is 0 Å². The van der Waals surface area contributed by atoms with Crippen molar-refractivity contribution in [2.24, 2.45) is 5.92 Å². The molecule has 538 valence electrons. The summed E-state index contributed by atoms with van der Waals surface area (Å²) in [6.07, 6.45) is 7.86. The van der Waals surface area contributed by atoms with Crippen molar-refractivity contribution < 1.29 is 20.6 Å². The molecule has 0 fully saturated rings. The topological polar surface area (TPSA) is 0 Å². The summed E-state index contributed by atoms with van der Waals surface area (Å²) in [6, 6.07) is 112. The van der Waals surface area contributed by atoms with Gasteiger partial charge in [-0.15, -0.1) is 0 Å². The van der Waals surface area contributed by atoms with Crippen molar-refractivity contribution >= 4 is 103 Å². The smallest absolute Gasteiger partial charge is 0.0629 e. The fourth-order valence-corrected chi connectivity index (χ4v) is 18.5. The number of hydrogen-bond acceptors (Lipinski definition) is 0. The van der Waals surface area contributed by atoms with E-state index in [9.17, 15) is 0 Å². The maximum Gasteiger partial charge on any atom is 0.0629 e. The molecule has 23 rings (SSSR count). The zero-order chi connectivity index (χ0) is 89.2. The molecule has 0 spiro atoms. The van der Waals surface area contributed by atoms with Crippen LogP contribution in [0.15, 0.2) is 449 Å². The lowest BCUT2D eigenvalue weighted by molar-refractivity contribution is 0.650. The van der Waals surface area contributed by atoms with Crippen LogP contribution >= 0.6 is 0 Å². The van der Waals surface area contributed by atoms with E-state index in [0.29, 0.717) is 22.6 Å². The predicted octanol–water partition coefficient (Wildman–Crippen LogP) is 31.7. The molecular formula is C115H78. The van der Waals surface area contributed by atoms with Crippen LogP contribution in [0.4, 0.5) is 0 Å². The van der Waals surface area contributed by atoms with Gasteiger partial charge in [0.05, 0.1) is 20.6 Å². The van der Waals surface area contributed by atoms with E-state index < -0.39 is 0 Å². The predicted molar refractivity (Wildman–Crippen MR) is 494 cm³/mol. The van der Waals surface area contributed by atoms with Crippen molar-refractivity contribution in [3.8, 4) is 89.0 Å². The summed E-state index contributed by atoms with van der Waals surface area (Å²) >= 11 is 0. The van der Waals surface area contributed by atoms with Gasteiger partial charge in [0.25, 0.3) is 0 Å². The van der Waals surface area contributed by atoms with Gasteiger partial charge in [-0.2, -0.15) is 0 Å². The number of hydrogen-bond donors (Lipinski definition) is 0. The van der Waals surface area contributed by atoms with Crippen LogP contribution in [-0.2, 0) is 6.42 Å². The number of benzene rings is 21. The van der Waals surface area contributed by atoms with Crippen molar-refractivity contribution in [2.45, 2.75) is 12.3 Å². The normalized spacial score (nSPS) is 15.4. The summed E-state index contributed by atoms with van der Waals surface area (Å²) in [5.74, 6) is 0.618. The molecule has 0 nitrogen and oxygen atoms in total. The fraction of sp³-hybridized carbons (Fsp3) is 0.0261. The monoisotopic (exact) mass is 1470 g/mol. The Balaban J connectivity index is 0.000000119. The minimum atomic E-state index is -0.390. The molecule has 2 atom stereocenters. The third-order valence-electron chi connectivity index (χ3n) is 23.4. The fourth-order valence-electron chi connectivity index (χ4n) is 18.5. The van der Waals surface area contributed by atoms with Gasteiger partial charge in [0, 0.05) is 5.92 Å². The van der Waals surface area contributed by atoms with Crippen LogP contribution in [0.3, 0.4) is 0 Å². The van der Waals surface area contributed by atoms with Crippen LogP contribution in [0.1, 0.15) is 43.2 Å².